The Hall–Kier alpha value is -2.20. The van der Waals surface area contributed by atoms with Crippen LogP contribution in [0.5, 0.6) is 0 Å². The summed E-state index contributed by atoms with van der Waals surface area (Å²) in [5.41, 5.74) is 2.25. The van der Waals surface area contributed by atoms with Gasteiger partial charge in [-0.15, -0.1) is 16.7 Å². The lowest BCUT2D eigenvalue weighted by Crippen LogP contribution is -2.16. The van der Waals surface area contributed by atoms with Crippen molar-refractivity contribution in [2.75, 3.05) is 0 Å². The Morgan fingerprint density at radius 1 is 0.900 bits per heavy atom. The third kappa shape index (κ3) is 2.42. The quantitative estimate of drug-likeness (QED) is 0.692. The van der Waals surface area contributed by atoms with Crippen LogP contribution in [-0.4, -0.2) is 20.2 Å². The molecule has 0 spiro atoms. The van der Waals surface area contributed by atoms with Gasteiger partial charge in [0.2, 0.25) is 0 Å². The zero-order chi connectivity index (χ0) is 13.8. The molecule has 0 aliphatic carbocycles. The average Bonchev–Trinajstić information content (AvgIpc) is 2.98. The minimum Gasteiger partial charge on any atom is -0.216 e. The van der Waals surface area contributed by atoms with Crippen LogP contribution in [0.2, 0.25) is 0 Å². The number of hydrogen-bond donors (Lipinski definition) is 0. The Labute approximate surface area is 122 Å². The number of rotatable bonds is 4. The van der Waals surface area contributed by atoms with E-state index in [0.29, 0.717) is 5.82 Å². The molecule has 0 radical (unpaired) electrons. The van der Waals surface area contributed by atoms with Gasteiger partial charge in [0.25, 0.3) is 0 Å². The second-order valence-corrected chi connectivity index (χ2v) is 4.66. The largest absolute Gasteiger partial charge is 0.216 e. The maximum absolute atomic E-state index is 5.93. The van der Waals surface area contributed by atoms with E-state index >= 15 is 0 Å². The molecular formula is C15H13ClN4. The summed E-state index contributed by atoms with van der Waals surface area (Å²) < 4.78 is 1.78. The summed E-state index contributed by atoms with van der Waals surface area (Å²) in [6.45, 7) is 0. The van der Waals surface area contributed by atoms with E-state index in [1.54, 1.807) is 4.68 Å². The van der Waals surface area contributed by atoms with E-state index in [1.807, 2.05) is 36.4 Å². The van der Waals surface area contributed by atoms with Gasteiger partial charge in [-0.05, 0) is 21.6 Å². The molecule has 1 aromatic heterocycles. The molecule has 0 saturated heterocycles. The molecule has 0 aliphatic rings. The Kier molecular flexibility index (Phi) is 3.74. The van der Waals surface area contributed by atoms with Crippen LogP contribution in [0, 0.1) is 0 Å². The monoisotopic (exact) mass is 284 g/mol. The number of tetrazole rings is 1. The first kappa shape index (κ1) is 12.8. The van der Waals surface area contributed by atoms with Crippen LogP contribution >= 0.6 is 11.6 Å². The van der Waals surface area contributed by atoms with E-state index in [2.05, 4.69) is 39.8 Å². The molecule has 2 aromatic carbocycles. The fourth-order valence-corrected chi connectivity index (χ4v) is 2.42. The first-order valence-corrected chi connectivity index (χ1v) is 6.86. The fourth-order valence-electron chi connectivity index (χ4n) is 2.25. The van der Waals surface area contributed by atoms with Crippen LogP contribution in [0.4, 0.5) is 0 Å². The van der Waals surface area contributed by atoms with Crippen LogP contribution in [0.25, 0.3) is 0 Å². The number of halogens is 1. The molecule has 0 N–H and O–H groups in total. The summed E-state index contributed by atoms with van der Waals surface area (Å²) in [6.07, 6.45) is 0. The molecule has 0 aliphatic heterocycles. The molecule has 0 saturated carbocycles. The summed E-state index contributed by atoms with van der Waals surface area (Å²) in [7, 11) is 0. The van der Waals surface area contributed by atoms with Gasteiger partial charge in [-0.3, -0.25) is 0 Å². The van der Waals surface area contributed by atoms with Crippen LogP contribution in [-0.2, 0) is 5.88 Å². The van der Waals surface area contributed by atoms with Crippen molar-refractivity contribution >= 4 is 11.6 Å². The molecule has 0 atom stereocenters. The first-order valence-electron chi connectivity index (χ1n) is 6.32. The maximum Gasteiger partial charge on any atom is 0.167 e. The lowest BCUT2D eigenvalue weighted by atomic mass is 9.99. The highest BCUT2D eigenvalue weighted by Gasteiger charge is 2.20. The molecule has 3 aromatic rings. The van der Waals surface area contributed by atoms with Gasteiger partial charge >= 0.3 is 0 Å². The van der Waals surface area contributed by atoms with Crippen molar-refractivity contribution in [3.05, 3.63) is 77.6 Å². The van der Waals surface area contributed by atoms with E-state index in [0.717, 1.165) is 11.1 Å². The Morgan fingerprint density at radius 3 is 1.95 bits per heavy atom. The van der Waals surface area contributed by atoms with Crippen molar-refractivity contribution in [2.45, 2.75) is 11.9 Å². The molecule has 20 heavy (non-hydrogen) atoms. The van der Waals surface area contributed by atoms with Crippen molar-refractivity contribution < 1.29 is 0 Å². The minimum atomic E-state index is -0.0684. The fraction of sp³-hybridized carbons (Fsp3) is 0.133. The lowest BCUT2D eigenvalue weighted by Gasteiger charge is -2.18. The van der Waals surface area contributed by atoms with Gasteiger partial charge in [0.05, 0.1) is 5.88 Å². The van der Waals surface area contributed by atoms with Crippen molar-refractivity contribution in [1.82, 2.24) is 20.2 Å². The van der Waals surface area contributed by atoms with Crippen LogP contribution in [0.1, 0.15) is 23.0 Å². The second-order valence-electron chi connectivity index (χ2n) is 4.40. The zero-order valence-corrected chi connectivity index (χ0v) is 11.5. The number of alkyl halides is 1. The Morgan fingerprint density at radius 2 is 1.45 bits per heavy atom. The van der Waals surface area contributed by atoms with E-state index in [1.165, 1.54) is 0 Å². The predicted molar refractivity (Wildman–Crippen MR) is 77.5 cm³/mol. The summed E-state index contributed by atoms with van der Waals surface area (Å²) in [4.78, 5) is 0. The minimum absolute atomic E-state index is 0.0684. The molecule has 4 nitrogen and oxygen atoms in total. The van der Waals surface area contributed by atoms with Crippen molar-refractivity contribution in [3.8, 4) is 0 Å². The van der Waals surface area contributed by atoms with E-state index in [4.69, 9.17) is 11.6 Å². The number of nitrogens with zero attached hydrogens (tertiary/aromatic N) is 4. The predicted octanol–water partition coefficient (Wildman–Crippen LogP) is 3.05. The van der Waals surface area contributed by atoms with Gasteiger partial charge in [0.1, 0.15) is 6.04 Å². The smallest absolute Gasteiger partial charge is 0.167 e. The number of hydrogen-bond acceptors (Lipinski definition) is 3. The maximum atomic E-state index is 5.93. The van der Waals surface area contributed by atoms with Crippen molar-refractivity contribution in [3.63, 3.8) is 0 Å². The third-order valence-corrected chi connectivity index (χ3v) is 3.39. The highest BCUT2D eigenvalue weighted by Crippen LogP contribution is 2.26. The highest BCUT2D eigenvalue weighted by molar-refractivity contribution is 6.16. The van der Waals surface area contributed by atoms with Crippen molar-refractivity contribution in [2.24, 2.45) is 0 Å². The van der Waals surface area contributed by atoms with Gasteiger partial charge in [0, 0.05) is 0 Å². The van der Waals surface area contributed by atoms with Crippen molar-refractivity contribution in [1.29, 1.82) is 0 Å². The summed E-state index contributed by atoms with van der Waals surface area (Å²) in [5, 5.41) is 11.8. The van der Waals surface area contributed by atoms with E-state index < -0.39 is 0 Å². The first-order chi connectivity index (χ1) is 9.90. The summed E-state index contributed by atoms with van der Waals surface area (Å²) >= 11 is 5.93. The molecular weight excluding hydrogens is 272 g/mol. The molecule has 0 bridgehead atoms. The SMILES string of the molecule is ClCc1nnnn1C(c1ccccc1)c1ccccc1. The molecule has 5 heteroatoms. The van der Waals surface area contributed by atoms with Crippen LogP contribution < -0.4 is 0 Å². The van der Waals surface area contributed by atoms with Gasteiger partial charge in [0.15, 0.2) is 5.82 Å². The topological polar surface area (TPSA) is 43.6 Å². The van der Waals surface area contributed by atoms with Gasteiger partial charge in [-0.2, -0.15) is 0 Å². The number of aromatic nitrogens is 4. The average molecular weight is 285 g/mol. The second kappa shape index (κ2) is 5.84. The standard InChI is InChI=1S/C15H13ClN4/c16-11-14-17-18-19-20(14)15(12-7-3-1-4-8-12)13-9-5-2-6-10-13/h1-10,15H,11H2. The van der Waals surface area contributed by atoms with Gasteiger partial charge in [-0.1, -0.05) is 60.7 Å². The van der Waals surface area contributed by atoms with E-state index in [9.17, 15) is 0 Å². The summed E-state index contributed by atoms with van der Waals surface area (Å²) in [5.74, 6) is 0.938. The number of benzene rings is 2. The summed E-state index contributed by atoms with van der Waals surface area (Å²) in [6, 6.07) is 20.2. The van der Waals surface area contributed by atoms with Crippen LogP contribution in [0.3, 0.4) is 0 Å². The molecule has 0 fully saturated rings. The normalized spacial score (nSPS) is 10.9. The third-order valence-electron chi connectivity index (χ3n) is 3.16. The van der Waals surface area contributed by atoms with E-state index in [-0.39, 0.29) is 11.9 Å². The molecule has 0 unspecified atom stereocenters. The molecule has 0 amide bonds. The molecule has 100 valence electrons. The highest BCUT2D eigenvalue weighted by atomic mass is 35.5. The molecule has 3 rings (SSSR count). The van der Waals surface area contributed by atoms with Gasteiger partial charge < -0.3 is 0 Å². The molecule has 1 heterocycles. The zero-order valence-electron chi connectivity index (χ0n) is 10.7. The Balaban J connectivity index is 2.14. The Bertz CT molecular complexity index is 627. The lowest BCUT2D eigenvalue weighted by molar-refractivity contribution is 0.555. The van der Waals surface area contributed by atoms with Gasteiger partial charge in [-0.25, -0.2) is 4.68 Å². The van der Waals surface area contributed by atoms with Crippen LogP contribution in [0.15, 0.2) is 60.7 Å².